The van der Waals surface area contributed by atoms with E-state index in [0.29, 0.717) is 5.11 Å². The van der Waals surface area contributed by atoms with E-state index in [1.807, 2.05) is 71.5 Å². The molecule has 0 unspecified atom stereocenters. The molecule has 2 N–H and O–H groups in total. The van der Waals surface area contributed by atoms with Crippen molar-refractivity contribution in [3.05, 3.63) is 102 Å². The predicted molar refractivity (Wildman–Crippen MR) is 127 cm³/mol. The quantitative estimate of drug-likeness (QED) is 0.270. The minimum Gasteiger partial charge on any atom is -0.331 e. The fourth-order valence-electron chi connectivity index (χ4n) is 2.97. The zero-order chi connectivity index (χ0) is 20.8. The van der Waals surface area contributed by atoms with Crippen LogP contribution in [-0.2, 0) is 0 Å². The van der Waals surface area contributed by atoms with E-state index in [4.69, 9.17) is 17.3 Å². The average molecular weight is 412 g/mol. The molecule has 0 amide bonds. The summed E-state index contributed by atoms with van der Waals surface area (Å²) in [7, 11) is 0. The van der Waals surface area contributed by atoms with Crippen molar-refractivity contribution in [2.75, 3.05) is 5.32 Å². The molecule has 0 spiro atoms. The van der Waals surface area contributed by atoms with Crippen LogP contribution in [-0.4, -0.2) is 21.1 Å². The number of thiocarbonyl (C=S) groups is 1. The van der Waals surface area contributed by atoms with Crippen molar-refractivity contribution in [2.45, 2.75) is 6.92 Å². The highest BCUT2D eigenvalue weighted by atomic mass is 32.1. The number of aryl methyl sites for hydroxylation is 1. The fourth-order valence-corrected chi connectivity index (χ4v) is 3.14. The third kappa shape index (κ3) is 4.79. The monoisotopic (exact) mass is 411 g/mol. The molecular formula is C24H21N5S. The van der Waals surface area contributed by atoms with Crippen LogP contribution in [0.1, 0.15) is 11.1 Å². The van der Waals surface area contributed by atoms with E-state index in [1.54, 1.807) is 6.21 Å². The molecule has 4 rings (SSSR count). The van der Waals surface area contributed by atoms with E-state index in [0.717, 1.165) is 28.2 Å². The lowest BCUT2D eigenvalue weighted by atomic mass is 10.1. The van der Waals surface area contributed by atoms with Gasteiger partial charge < -0.3 is 5.32 Å². The lowest BCUT2D eigenvalue weighted by Crippen LogP contribution is -2.23. The molecule has 3 aromatic carbocycles. The van der Waals surface area contributed by atoms with Gasteiger partial charge >= 0.3 is 0 Å². The van der Waals surface area contributed by atoms with Gasteiger partial charge in [-0.3, -0.25) is 5.43 Å². The summed E-state index contributed by atoms with van der Waals surface area (Å²) in [5, 5.41) is 12.6. The van der Waals surface area contributed by atoms with Crippen LogP contribution in [0.15, 0.2) is 96.2 Å². The molecular weight excluding hydrogens is 390 g/mol. The first kappa shape index (κ1) is 19.5. The molecule has 30 heavy (non-hydrogen) atoms. The number of aromatic nitrogens is 2. The Bertz CT molecular complexity index is 1150. The van der Waals surface area contributed by atoms with Crippen LogP contribution in [0.25, 0.3) is 16.9 Å². The Hall–Kier alpha value is -3.77. The topological polar surface area (TPSA) is 54.2 Å². The number of nitrogens with one attached hydrogen (secondary N) is 2. The second kappa shape index (κ2) is 9.15. The Morgan fingerprint density at radius 3 is 2.30 bits per heavy atom. The number of hydrogen-bond donors (Lipinski definition) is 2. The van der Waals surface area contributed by atoms with Crippen molar-refractivity contribution in [2.24, 2.45) is 5.10 Å². The van der Waals surface area contributed by atoms with Gasteiger partial charge in [-0.25, -0.2) is 4.68 Å². The molecule has 0 saturated heterocycles. The summed E-state index contributed by atoms with van der Waals surface area (Å²) in [6.45, 7) is 2.07. The SMILES string of the molecule is Cc1ccc(-c2nn(-c3ccccc3)cc2/C=N/NC(=S)Nc2ccccc2)cc1. The highest BCUT2D eigenvalue weighted by Gasteiger charge is 2.11. The van der Waals surface area contributed by atoms with E-state index in [-0.39, 0.29) is 0 Å². The van der Waals surface area contributed by atoms with Gasteiger partial charge in [0.25, 0.3) is 0 Å². The summed E-state index contributed by atoms with van der Waals surface area (Å²) >= 11 is 5.32. The summed E-state index contributed by atoms with van der Waals surface area (Å²) in [6.07, 6.45) is 3.70. The molecule has 0 aliphatic heterocycles. The highest BCUT2D eigenvalue weighted by molar-refractivity contribution is 7.80. The molecule has 0 bridgehead atoms. The van der Waals surface area contributed by atoms with Gasteiger partial charge in [0.15, 0.2) is 5.11 Å². The molecule has 1 aromatic heterocycles. The Labute approximate surface area is 181 Å². The maximum Gasteiger partial charge on any atom is 0.191 e. The van der Waals surface area contributed by atoms with Crippen molar-refractivity contribution in [1.29, 1.82) is 0 Å². The molecule has 1 heterocycles. The van der Waals surface area contributed by atoms with Gasteiger partial charge in [-0.05, 0) is 43.4 Å². The highest BCUT2D eigenvalue weighted by Crippen LogP contribution is 2.23. The molecule has 0 fully saturated rings. The summed E-state index contributed by atoms with van der Waals surface area (Å²) in [5.74, 6) is 0. The van der Waals surface area contributed by atoms with Crippen LogP contribution in [0.2, 0.25) is 0 Å². The Kier molecular flexibility index (Phi) is 5.96. The maximum atomic E-state index is 5.32. The van der Waals surface area contributed by atoms with Gasteiger partial charge in [0, 0.05) is 23.0 Å². The van der Waals surface area contributed by atoms with E-state index in [2.05, 4.69) is 47.0 Å². The second-order valence-corrected chi connectivity index (χ2v) is 7.18. The van der Waals surface area contributed by atoms with Gasteiger partial charge in [0.2, 0.25) is 0 Å². The van der Waals surface area contributed by atoms with Crippen molar-refractivity contribution in [3.63, 3.8) is 0 Å². The van der Waals surface area contributed by atoms with Crippen molar-refractivity contribution < 1.29 is 0 Å². The first-order chi connectivity index (χ1) is 14.7. The lowest BCUT2D eigenvalue weighted by Gasteiger charge is -2.06. The number of para-hydroxylation sites is 2. The molecule has 4 aromatic rings. The van der Waals surface area contributed by atoms with Crippen LogP contribution in [0.4, 0.5) is 5.69 Å². The van der Waals surface area contributed by atoms with Crippen molar-refractivity contribution in [3.8, 4) is 16.9 Å². The summed E-state index contributed by atoms with van der Waals surface area (Å²) in [4.78, 5) is 0. The summed E-state index contributed by atoms with van der Waals surface area (Å²) in [6, 6.07) is 28.0. The number of hydrazone groups is 1. The largest absolute Gasteiger partial charge is 0.331 e. The van der Waals surface area contributed by atoms with Crippen LogP contribution in [0.5, 0.6) is 0 Å². The molecule has 5 nitrogen and oxygen atoms in total. The molecule has 0 aliphatic carbocycles. The van der Waals surface area contributed by atoms with Gasteiger partial charge in [0.05, 0.1) is 11.9 Å². The van der Waals surface area contributed by atoms with Crippen LogP contribution in [0, 0.1) is 6.92 Å². The minimum absolute atomic E-state index is 0.421. The zero-order valence-corrected chi connectivity index (χ0v) is 17.3. The first-order valence-corrected chi connectivity index (χ1v) is 9.97. The van der Waals surface area contributed by atoms with Crippen LogP contribution in [0.3, 0.4) is 0 Å². The average Bonchev–Trinajstić information content (AvgIpc) is 3.20. The Morgan fingerprint density at radius 2 is 1.60 bits per heavy atom. The van der Waals surface area contributed by atoms with Crippen LogP contribution < -0.4 is 10.7 Å². The van der Waals surface area contributed by atoms with E-state index in [1.165, 1.54) is 5.56 Å². The molecule has 0 radical (unpaired) electrons. The Balaban J connectivity index is 1.57. The molecule has 6 heteroatoms. The van der Waals surface area contributed by atoms with Gasteiger partial charge in [-0.15, -0.1) is 0 Å². The van der Waals surface area contributed by atoms with Crippen molar-refractivity contribution in [1.82, 2.24) is 15.2 Å². The number of benzene rings is 3. The summed E-state index contributed by atoms with van der Waals surface area (Å²) in [5.41, 5.74) is 8.73. The van der Waals surface area contributed by atoms with Gasteiger partial charge in [-0.2, -0.15) is 10.2 Å². The fraction of sp³-hybridized carbons (Fsp3) is 0.0417. The third-order valence-corrected chi connectivity index (χ3v) is 4.68. The standard InChI is InChI=1S/C24H21N5S/c1-18-12-14-19(15-13-18)23-20(17-29(28-23)22-10-6-3-7-11-22)16-25-27-24(30)26-21-8-4-2-5-9-21/h2-17H,1H3,(H2,26,27,30)/b25-16+. The molecule has 0 saturated carbocycles. The van der Waals surface area contributed by atoms with Crippen LogP contribution >= 0.6 is 12.2 Å². The summed E-state index contributed by atoms with van der Waals surface area (Å²) < 4.78 is 1.86. The zero-order valence-electron chi connectivity index (χ0n) is 16.5. The number of anilines is 1. The smallest absolute Gasteiger partial charge is 0.191 e. The minimum atomic E-state index is 0.421. The normalized spacial score (nSPS) is 10.8. The first-order valence-electron chi connectivity index (χ1n) is 9.56. The lowest BCUT2D eigenvalue weighted by molar-refractivity contribution is 0.884. The molecule has 0 atom stereocenters. The van der Waals surface area contributed by atoms with Crippen molar-refractivity contribution >= 4 is 29.2 Å². The number of rotatable bonds is 5. The number of hydrogen-bond acceptors (Lipinski definition) is 3. The number of nitrogens with zero attached hydrogens (tertiary/aromatic N) is 3. The molecule has 148 valence electrons. The van der Waals surface area contributed by atoms with E-state index in [9.17, 15) is 0 Å². The maximum absolute atomic E-state index is 5.32. The second-order valence-electron chi connectivity index (χ2n) is 6.77. The van der Waals surface area contributed by atoms with Gasteiger partial charge in [0.1, 0.15) is 5.69 Å². The Morgan fingerprint density at radius 1 is 0.933 bits per heavy atom. The predicted octanol–water partition coefficient (Wildman–Crippen LogP) is 5.17. The van der Waals surface area contributed by atoms with Gasteiger partial charge in [-0.1, -0.05) is 66.2 Å². The molecule has 0 aliphatic rings. The van der Waals surface area contributed by atoms with E-state index < -0.39 is 0 Å². The van der Waals surface area contributed by atoms with E-state index >= 15 is 0 Å². The third-order valence-electron chi connectivity index (χ3n) is 4.49.